The van der Waals surface area contributed by atoms with E-state index in [1.807, 2.05) is 6.92 Å². The maximum Gasteiger partial charge on any atom is 0.180 e. The quantitative estimate of drug-likeness (QED) is 0.762. The Morgan fingerprint density at radius 1 is 1.41 bits per heavy atom. The molecule has 1 saturated heterocycles. The number of ether oxygens (including phenoxy) is 2. The summed E-state index contributed by atoms with van der Waals surface area (Å²) in [6, 6.07) is 0.148. The van der Waals surface area contributed by atoms with Gasteiger partial charge in [0.15, 0.2) is 5.88 Å². The second kappa shape index (κ2) is 4.63. The van der Waals surface area contributed by atoms with Crippen LogP contribution < -0.4 is 5.32 Å². The standard InChI is InChI=1S/C14H23NO2/c1-10-13(11(2)16-10)15-12(3)17-14(4)8-6-5-7-9-14/h11,13,15H,1,3,5-9H2,2,4H3/t11-,13-/m0/s1. The molecule has 1 aliphatic carbocycles. The average molecular weight is 237 g/mol. The van der Waals surface area contributed by atoms with Gasteiger partial charge < -0.3 is 14.8 Å². The van der Waals surface area contributed by atoms with Crippen molar-refractivity contribution in [3.05, 3.63) is 24.8 Å². The zero-order chi connectivity index (χ0) is 12.5. The van der Waals surface area contributed by atoms with E-state index >= 15 is 0 Å². The first kappa shape index (κ1) is 12.3. The Bertz CT molecular complexity index is 318. The second-order valence-corrected chi connectivity index (χ2v) is 5.45. The summed E-state index contributed by atoms with van der Waals surface area (Å²) in [5.41, 5.74) is -0.0441. The van der Waals surface area contributed by atoms with Crippen molar-refractivity contribution in [1.82, 2.24) is 5.32 Å². The molecule has 3 nitrogen and oxygen atoms in total. The molecule has 0 bridgehead atoms. The molecule has 0 aromatic carbocycles. The van der Waals surface area contributed by atoms with Crippen molar-refractivity contribution in [2.45, 2.75) is 63.7 Å². The Labute approximate surface area is 104 Å². The van der Waals surface area contributed by atoms with Crippen LogP contribution in [0.5, 0.6) is 0 Å². The van der Waals surface area contributed by atoms with E-state index < -0.39 is 0 Å². The van der Waals surface area contributed by atoms with Crippen molar-refractivity contribution < 1.29 is 9.47 Å². The van der Waals surface area contributed by atoms with Crippen LogP contribution in [-0.2, 0) is 9.47 Å². The van der Waals surface area contributed by atoms with Crippen molar-refractivity contribution in [3.63, 3.8) is 0 Å². The van der Waals surface area contributed by atoms with Gasteiger partial charge in [-0.1, -0.05) is 13.0 Å². The Hall–Kier alpha value is -1.12. The molecule has 2 rings (SSSR count). The summed E-state index contributed by atoms with van der Waals surface area (Å²) in [5, 5.41) is 3.25. The van der Waals surface area contributed by atoms with Gasteiger partial charge in [-0.2, -0.15) is 0 Å². The highest BCUT2D eigenvalue weighted by Gasteiger charge is 2.35. The lowest BCUT2D eigenvalue weighted by Crippen LogP contribution is -2.50. The molecule has 1 aliphatic heterocycles. The molecular formula is C14H23NO2. The van der Waals surface area contributed by atoms with Gasteiger partial charge in [0.1, 0.15) is 23.5 Å². The highest BCUT2D eigenvalue weighted by molar-refractivity contribution is 5.12. The number of nitrogens with one attached hydrogen (secondary N) is 1. The maximum absolute atomic E-state index is 5.98. The fourth-order valence-corrected chi connectivity index (χ4v) is 2.67. The molecule has 96 valence electrons. The number of rotatable bonds is 4. The fourth-order valence-electron chi connectivity index (χ4n) is 2.67. The fraction of sp³-hybridized carbons (Fsp3) is 0.714. The van der Waals surface area contributed by atoms with E-state index in [2.05, 4.69) is 25.4 Å². The summed E-state index contributed by atoms with van der Waals surface area (Å²) < 4.78 is 11.3. The van der Waals surface area contributed by atoms with Crippen LogP contribution in [0.1, 0.15) is 46.0 Å². The highest BCUT2D eigenvalue weighted by atomic mass is 16.5. The molecule has 0 radical (unpaired) electrons. The lowest BCUT2D eigenvalue weighted by Gasteiger charge is -2.40. The third-order valence-corrected chi connectivity index (χ3v) is 3.75. The van der Waals surface area contributed by atoms with Gasteiger partial charge in [-0.25, -0.2) is 0 Å². The molecule has 1 N–H and O–H groups in total. The Kier molecular flexibility index (Phi) is 3.36. The minimum atomic E-state index is -0.0441. The van der Waals surface area contributed by atoms with Gasteiger partial charge in [-0.05, 0) is 46.1 Å². The van der Waals surface area contributed by atoms with Gasteiger partial charge in [0.2, 0.25) is 0 Å². The molecule has 2 aliphatic rings. The van der Waals surface area contributed by atoms with Gasteiger partial charge in [0, 0.05) is 0 Å². The smallest absolute Gasteiger partial charge is 0.180 e. The summed E-state index contributed by atoms with van der Waals surface area (Å²) in [6.45, 7) is 12.0. The van der Waals surface area contributed by atoms with E-state index in [4.69, 9.17) is 9.47 Å². The summed E-state index contributed by atoms with van der Waals surface area (Å²) >= 11 is 0. The topological polar surface area (TPSA) is 30.5 Å². The normalized spacial score (nSPS) is 31.1. The van der Waals surface area contributed by atoms with Crippen molar-refractivity contribution in [2.24, 2.45) is 0 Å². The van der Waals surface area contributed by atoms with E-state index in [0.29, 0.717) is 5.88 Å². The molecule has 0 unspecified atom stereocenters. The Morgan fingerprint density at radius 2 is 2.06 bits per heavy atom. The molecule has 1 saturated carbocycles. The van der Waals surface area contributed by atoms with Gasteiger partial charge in [-0.3, -0.25) is 0 Å². The van der Waals surface area contributed by atoms with Crippen LogP contribution >= 0.6 is 0 Å². The van der Waals surface area contributed by atoms with Crippen LogP contribution in [0, 0.1) is 0 Å². The monoisotopic (exact) mass is 237 g/mol. The predicted molar refractivity (Wildman–Crippen MR) is 68.3 cm³/mol. The molecule has 1 heterocycles. The van der Waals surface area contributed by atoms with Crippen LogP contribution in [0.25, 0.3) is 0 Å². The Morgan fingerprint density at radius 3 is 2.59 bits per heavy atom. The molecule has 0 amide bonds. The van der Waals surface area contributed by atoms with Gasteiger partial charge in [-0.15, -0.1) is 0 Å². The van der Waals surface area contributed by atoms with Crippen molar-refractivity contribution in [3.8, 4) is 0 Å². The summed E-state index contributed by atoms with van der Waals surface area (Å²) in [6.07, 6.45) is 6.21. The van der Waals surface area contributed by atoms with E-state index in [1.165, 1.54) is 19.3 Å². The van der Waals surface area contributed by atoms with E-state index in [-0.39, 0.29) is 17.7 Å². The van der Waals surface area contributed by atoms with Gasteiger partial charge in [0.05, 0.1) is 0 Å². The zero-order valence-corrected chi connectivity index (χ0v) is 10.9. The summed E-state index contributed by atoms with van der Waals surface area (Å²) in [7, 11) is 0. The van der Waals surface area contributed by atoms with Crippen molar-refractivity contribution in [2.75, 3.05) is 0 Å². The van der Waals surface area contributed by atoms with Gasteiger partial charge >= 0.3 is 0 Å². The third-order valence-electron chi connectivity index (χ3n) is 3.75. The van der Waals surface area contributed by atoms with E-state index in [0.717, 1.165) is 18.6 Å². The van der Waals surface area contributed by atoms with Gasteiger partial charge in [0.25, 0.3) is 0 Å². The van der Waals surface area contributed by atoms with Crippen LogP contribution in [0.4, 0.5) is 0 Å². The van der Waals surface area contributed by atoms with Crippen molar-refractivity contribution >= 4 is 0 Å². The third kappa shape index (κ3) is 2.76. The van der Waals surface area contributed by atoms with Crippen LogP contribution in [0.2, 0.25) is 0 Å². The molecule has 0 aromatic rings. The first-order valence-corrected chi connectivity index (χ1v) is 6.50. The zero-order valence-electron chi connectivity index (χ0n) is 10.9. The molecule has 2 fully saturated rings. The molecule has 2 atom stereocenters. The lowest BCUT2D eigenvalue weighted by atomic mass is 9.86. The predicted octanol–water partition coefficient (Wildman–Crippen LogP) is 3.09. The average Bonchev–Trinajstić information content (AvgIpc) is 2.27. The molecule has 17 heavy (non-hydrogen) atoms. The van der Waals surface area contributed by atoms with E-state index in [1.54, 1.807) is 0 Å². The molecule has 3 heteroatoms. The minimum Gasteiger partial charge on any atom is -0.491 e. The van der Waals surface area contributed by atoms with Crippen LogP contribution in [-0.4, -0.2) is 17.7 Å². The van der Waals surface area contributed by atoms with Crippen molar-refractivity contribution in [1.29, 1.82) is 0 Å². The lowest BCUT2D eigenvalue weighted by molar-refractivity contribution is -0.0452. The van der Waals surface area contributed by atoms with E-state index in [9.17, 15) is 0 Å². The summed E-state index contributed by atoms with van der Waals surface area (Å²) in [4.78, 5) is 0. The largest absolute Gasteiger partial charge is 0.491 e. The molecule has 0 spiro atoms. The first-order valence-electron chi connectivity index (χ1n) is 6.50. The number of hydrogen-bond donors (Lipinski definition) is 1. The summed E-state index contributed by atoms with van der Waals surface area (Å²) in [5.74, 6) is 1.42. The maximum atomic E-state index is 5.98. The molecule has 0 aromatic heterocycles. The van der Waals surface area contributed by atoms with Crippen LogP contribution in [0.3, 0.4) is 0 Å². The Balaban J connectivity index is 1.82. The SMILES string of the molecule is C=C(N[C@H]1C(=C)O[C@H]1C)OC1(C)CCCCC1. The molecular weight excluding hydrogens is 214 g/mol. The second-order valence-electron chi connectivity index (χ2n) is 5.45. The number of hydrogen-bond acceptors (Lipinski definition) is 3. The van der Waals surface area contributed by atoms with Crippen LogP contribution in [0.15, 0.2) is 24.8 Å². The first-order chi connectivity index (χ1) is 8.00. The highest BCUT2D eigenvalue weighted by Crippen LogP contribution is 2.33. The minimum absolute atomic E-state index is 0.0441.